The lowest BCUT2D eigenvalue weighted by Crippen LogP contribution is -2.40. The molecule has 0 aliphatic heterocycles. The van der Waals surface area contributed by atoms with Crippen LogP contribution in [-0.2, 0) is 9.59 Å². The number of aliphatic carboxylic acids is 1. The van der Waals surface area contributed by atoms with Gasteiger partial charge in [-0.3, -0.25) is 9.59 Å². The van der Waals surface area contributed by atoms with Crippen molar-refractivity contribution in [2.45, 2.75) is 44.6 Å². The second-order valence-electron chi connectivity index (χ2n) is 5.41. The molecule has 0 aromatic carbocycles. The van der Waals surface area contributed by atoms with E-state index in [2.05, 4.69) is 5.32 Å². The zero-order valence-corrected chi connectivity index (χ0v) is 9.95. The molecule has 96 valence electrons. The normalized spacial score (nSPS) is 30.6. The van der Waals surface area contributed by atoms with Crippen LogP contribution in [0.15, 0.2) is 0 Å². The lowest BCUT2D eigenvalue weighted by atomic mass is 9.86. The maximum absolute atomic E-state index is 11.9. The minimum Gasteiger partial charge on any atom is -0.481 e. The Bertz CT molecular complexity index is 318. The van der Waals surface area contributed by atoms with Gasteiger partial charge in [-0.15, -0.1) is 0 Å². The molecule has 2 rings (SSSR count). The highest BCUT2D eigenvalue weighted by atomic mass is 16.4. The van der Waals surface area contributed by atoms with Gasteiger partial charge in [0.25, 0.3) is 0 Å². The quantitative estimate of drug-likeness (QED) is 0.666. The first-order valence-corrected chi connectivity index (χ1v) is 6.30. The van der Waals surface area contributed by atoms with E-state index in [4.69, 9.17) is 10.8 Å². The number of hydrogen-bond donors (Lipinski definition) is 3. The molecule has 0 saturated heterocycles. The third kappa shape index (κ3) is 2.77. The summed E-state index contributed by atoms with van der Waals surface area (Å²) in [6.45, 7) is 0.281. The second kappa shape index (κ2) is 4.64. The van der Waals surface area contributed by atoms with Crippen LogP contribution in [0.1, 0.15) is 38.5 Å². The lowest BCUT2D eigenvalue weighted by molar-refractivity contribution is -0.143. The van der Waals surface area contributed by atoms with Crippen molar-refractivity contribution >= 4 is 11.9 Å². The Kier molecular flexibility index (Phi) is 3.38. The smallest absolute Gasteiger partial charge is 0.311 e. The van der Waals surface area contributed by atoms with E-state index in [-0.39, 0.29) is 24.4 Å². The Labute approximate surface area is 101 Å². The Morgan fingerprint density at radius 1 is 1.24 bits per heavy atom. The van der Waals surface area contributed by atoms with E-state index >= 15 is 0 Å². The molecule has 0 atom stereocenters. The Balaban J connectivity index is 1.76. The van der Waals surface area contributed by atoms with Crippen LogP contribution < -0.4 is 11.1 Å². The standard InChI is InChI=1S/C12H20N2O3/c13-9-3-1-8(2-4-9)10(15)14-7-12(5-6-12)11(16)17/h8-9H,1-7,13H2,(H,14,15)(H,16,17). The SMILES string of the molecule is NC1CCC(C(=O)NCC2(C(=O)O)CC2)CC1. The summed E-state index contributed by atoms with van der Waals surface area (Å²) < 4.78 is 0. The largest absolute Gasteiger partial charge is 0.481 e. The minimum atomic E-state index is -0.788. The summed E-state index contributed by atoms with van der Waals surface area (Å²) in [4.78, 5) is 22.8. The van der Waals surface area contributed by atoms with Crippen LogP contribution in [0.3, 0.4) is 0 Å². The van der Waals surface area contributed by atoms with E-state index in [1.165, 1.54) is 0 Å². The van der Waals surface area contributed by atoms with Gasteiger partial charge in [-0.25, -0.2) is 0 Å². The predicted octanol–water partition coefficient (Wildman–Crippen LogP) is 0.485. The third-order valence-corrected chi connectivity index (χ3v) is 4.05. The topological polar surface area (TPSA) is 92.4 Å². The fourth-order valence-electron chi connectivity index (χ4n) is 2.40. The van der Waals surface area contributed by atoms with Gasteiger partial charge in [0.1, 0.15) is 0 Å². The molecule has 0 heterocycles. The van der Waals surface area contributed by atoms with Gasteiger partial charge < -0.3 is 16.2 Å². The van der Waals surface area contributed by atoms with E-state index in [0.717, 1.165) is 25.7 Å². The first-order valence-electron chi connectivity index (χ1n) is 6.30. The summed E-state index contributed by atoms with van der Waals surface area (Å²) in [6, 6.07) is 0.229. The van der Waals surface area contributed by atoms with Gasteiger partial charge in [-0.1, -0.05) is 0 Å². The summed E-state index contributed by atoms with van der Waals surface area (Å²) in [7, 11) is 0. The maximum atomic E-state index is 11.9. The zero-order valence-electron chi connectivity index (χ0n) is 9.95. The monoisotopic (exact) mass is 240 g/mol. The molecule has 5 nitrogen and oxygen atoms in total. The Hall–Kier alpha value is -1.10. The number of carboxylic acid groups (broad SMARTS) is 1. The maximum Gasteiger partial charge on any atom is 0.311 e. The number of nitrogens with two attached hydrogens (primary N) is 1. The van der Waals surface area contributed by atoms with E-state index in [9.17, 15) is 9.59 Å². The van der Waals surface area contributed by atoms with E-state index < -0.39 is 11.4 Å². The molecular weight excluding hydrogens is 220 g/mol. The summed E-state index contributed by atoms with van der Waals surface area (Å²) in [6.07, 6.45) is 4.79. The molecule has 0 bridgehead atoms. The van der Waals surface area contributed by atoms with E-state index in [1.54, 1.807) is 0 Å². The first-order chi connectivity index (χ1) is 8.03. The van der Waals surface area contributed by atoms with E-state index in [1.807, 2.05) is 0 Å². The Morgan fingerprint density at radius 3 is 2.29 bits per heavy atom. The van der Waals surface area contributed by atoms with Crippen LogP contribution >= 0.6 is 0 Å². The first kappa shape index (κ1) is 12.4. The van der Waals surface area contributed by atoms with Crippen molar-refractivity contribution in [3.63, 3.8) is 0 Å². The number of carbonyl (C=O) groups excluding carboxylic acids is 1. The number of rotatable bonds is 4. The fraction of sp³-hybridized carbons (Fsp3) is 0.833. The highest BCUT2D eigenvalue weighted by Crippen LogP contribution is 2.45. The average molecular weight is 240 g/mol. The second-order valence-corrected chi connectivity index (χ2v) is 5.41. The summed E-state index contributed by atoms with van der Waals surface area (Å²) in [5.74, 6) is -0.757. The molecule has 2 aliphatic rings. The van der Waals surface area contributed by atoms with Crippen LogP contribution in [0.4, 0.5) is 0 Å². The van der Waals surface area contributed by atoms with Gasteiger partial charge in [0.2, 0.25) is 5.91 Å². The predicted molar refractivity (Wildman–Crippen MR) is 62.2 cm³/mol. The molecule has 0 aromatic heterocycles. The van der Waals surface area contributed by atoms with Crippen molar-refractivity contribution in [3.05, 3.63) is 0 Å². The van der Waals surface area contributed by atoms with Gasteiger partial charge in [0.15, 0.2) is 0 Å². The molecule has 17 heavy (non-hydrogen) atoms. The molecule has 0 radical (unpaired) electrons. The lowest BCUT2D eigenvalue weighted by Gasteiger charge is -2.25. The molecule has 5 heteroatoms. The molecule has 4 N–H and O–H groups in total. The van der Waals surface area contributed by atoms with Gasteiger partial charge in [0, 0.05) is 18.5 Å². The molecule has 0 unspecified atom stereocenters. The minimum absolute atomic E-state index is 0.00410. The van der Waals surface area contributed by atoms with Crippen molar-refractivity contribution in [2.24, 2.45) is 17.1 Å². The van der Waals surface area contributed by atoms with Crippen molar-refractivity contribution in [2.75, 3.05) is 6.54 Å². The zero-order chi connectivity index (χ0) is 12.5. The summed E-state index contributed by atoms with van der Waals surface area (Å²) >= 11 is 0. The molecule has 2 fully saturated rings. The van der Waals surface area contributed by atoms with Crippen molar-refractivity contribution in [1.82, 2.24) is 5.32 Å². The number of hydrogen-bond acceptors (Lipinski definition) is 3. The van der Waals surface area contributed by atoms with Gasteiger partial charge >= 0.3 is 5.97 Å². The van der Waals surface area contributed by atoms with Crippen molar-refractivity contribution in [1.29, 1.82) is 0 Å². The molecule has 2 aliphatic carbocycles. The fourth-order valence-corrected chi connectivity index (χ4v) is 2.40. The van der Waals surface area contributed by atoms with Crippen molar-refractivity contribution < 1.29 is 14.7 Å². The Morgan fingerprint density at radius 2 is 1.82 bits per heavy atom. The van der Waals surface area contributed by atoms with Crippen LogP contribution in [0.25, 0.3) is 0 Å². The van der Waals surface area contributed by atoms with Crippen LogP contribution in [0.2, 0.25) is 0 Å². The number of amides is 1. The molecule has 0 aromatic rings. The highest BCUT2D eigenvalue weighted by molar-refractivity contribution is 5.82. The van der Waals surface area contributed by atoms with Gasteiger partial charge in [-0.05, 0) is 38.5 Å². The van der Waals surface area contributed by atoms with Crippen LogP contribution in [0.5, 0.6) is 0 Å². The molecule has 2 saturated carbocycles. The van der Waals surface area contributed by atoms with Crippen LogP contribution in [-0.4, -0.2) is 29.6 Å². The van der Waals surface area contributed by atoms with Gasteiger partial charge in [0.05, 0.1) is 5.41 Å². The number of nitrogens with one attached hydrogen (secondary N) is 1. The third-order valence-electron chi connectivity index (χ3n) is 4.05. The number of carbonyl (C=O) groups is 2. The van der Waals surface area contributed by atoms with Crippen LogP contribution in [0, 0.1) is 11.3 Å². The van der Waals surface area contributed by atoms with Crippen molar-refractivity contribution in [3.8, 4) is 0 Å². The average Bonchev–Trinajstić information content (AvgIpc) is 3.08. The molecule has 0 spiro atoms. The summed E-state index contributed by atoms with van der Waals surface area (Å²) in [5, 5.41) is 11.8. The van der Waals surface area contributed by atoms with Gasteiger partial charge in [-0.2, -0.15) is 0 Å². The summed E-state index contributed by atoms with van der Waals surface area (Å²) in [5.41, 5.74) is 5.11. The number of carboxylic acids is 1. The highest BCUT2D eigenvalue weighted by Gasteiger charge is 2.50. The molecular formula is C12H20N2O3. The van der Waals surface area contributed by atoms with E-state index in [0.29, 0.717) is 12.8 Å². The molecule has 1 amide bonds.